The van der Waals surface area contributed by atoms with Gasteiger partial charge in [-0.3, -0.25) is 0 Å². The molecule has 1 aromatic heterocycles. The highest BCUT2D eigenvalue weighted by atomic mass is 16.5. The molecule has 0 atom stereocenters. The second-order valence-corrected chi connectivity index (χ2v) is 3.09. The first kappa shape index (κ1) is 10.7. The quantitative estimate of drug-likeness (QED) is 0.673. The van der Waals surface area contributed by atoms with Gasteiger partial charge in [-0.15, -0.1) is 0 Å². The Morgan fingerprint density at radius 3 is 2.75 bits per heavy atom. The van der Waals surface area contributed by atoms with Crippen LogP contribution in [0.15, 0.2) is 29.1 Å². The van der Waals surface area contributed by atoms with Crippen molar-refractivity contribution in [2.75, 3.05) is 7.11 Å². The van der Waals surface area contributed by atoms with Crippen molar-refractivity contribution in [1.29, 1.82) is 0 Å². The van der Waals surface area contributed by atoms with Crippen molar-refractivity contribution in [3.05, 3.63) is 24.6 Å². The zero-order valence-corrected chi connectivity index (χ0v) is 8.49. The van der Waals surface area contributed by atoms with Gasteiger partial charge < -0.3 is 19.3 Å². The molecule has 2 rings (SSSR count). The van der Waals surface area contributed by atoms with Crippen LogP contribution in [0.2, 0.25) is 0 Å². The Labute approximate surface area is 91.6 Å². The fraction of sp³-hybridized carbons (Fsp3) is 0.111. The molecule has 16 heavy (non-hydrogen) atoms. The summed E-state index contributed by atoms with van der Waals surface area (Å²) >= 11 is 0. The topological polar surface area (TPSA) is 88.6 Å². The molecule has 0 amide bonds. The predicted molar refractivity (Wildman–Crippen MR) is 56.1 cm³/mol. The van der Waals surface area contributed by atoms with E-state index in [1.807, 2.05) is 0 Å². The van der Waals surface area contributed by atoms with Gasteiger partial charge in [0.15, 0.2) is 0 Å². The lowest BCUT2D eigenvalue weighted by Crippen LogP contribution is -2.29. The van der Waals surface area contributed by atoms with Gasteiger partial charge in [-0.1, -0.05) is 11.2 Å². The van der Waals surface area contributed by atoms with Gasteiger partial charge in [0.2, 0.25) is 12.2 Å². The summed E-state index contributed by atoms with van der Waals surface area (Å²) in [6, 6.07) is 4.70. The minimum Gasteiger partial charge on any atom is -0.496 e. The molecule has 0 saturated heterocycles. The Balaban J connectivity index is 2.47. The zero-order chi connectivity index (χ0) is 11.5. The first-order chi connectivity index (χ1) is 7.72. The number of nitrogens with zero attached hydrogens (tertiary/aromatic N) is 2. The van der Waals surface area contributed by atoms with Crippen LogP contribution >= 0.6 is 0 Å². The van der Waals surface area contributed by atoms with Crippen LogP contribution in [0.5, 0.6) is 5.75 Å². The second-order valence-electron chi connectivity index (χ2n) is 3.09. The highest BCUT2D eigenvalue weighted by Crippen LogP contribution is 2.25. The average Bonchev–Trinajstić information content (AvgIpc) is 2.81. The summed E-state index contributed by atoms with van der Waals surface area (Å²) in [7, 11) is -0.0554. The lowest BCUT2D eigenvalue weighted by atomic mass is 9.80. The number of methoxy groups -OCH3 is 1. The molecule has 0 aliphatic heterocycles. The monoisotopic (exact) mass is 220 g/mol. The van der Waals surface area contributed by atoms with Crippen LogP contribution in [0.4, 0.5) is 0 Å². The van der Waals surface area contributed by atoms with Crippen LogP contribution < -0.4 is 10.2 Å². The van der Waals surface area contributed by atoms with Crippen molar-refractivity contribution in [2.24, 2.45) is 0 Å². The smallest absolute Gasteiger partial charge is 0.488 e. The molecular weight excluding hydrogens is 211 g/mol. The lowest BCUT2D eigenvalue weighted by Gasteiger charge is -2.07. The van der Waals surface area contributed by atoms with E-state index in [4.69, 9.17) is 14.8 Å². The van der Waals surface area contributed by atoms with Crippen molar-refractivity contribution >= 4 is 12.6 Å². The highest BCUT2D eigenvalue weighted by Gasteiger charge is 2.16. The molecule has 82 valence electrons. The molecule has 1 aromatic carbocycles. The maximum atomic E-state index is 9.02. The fourth-order valence-electron chi connectivity index (χ4n) is 1.34. The summed E-state index contributed by atoms with van der Waals surface area (Å²) in [6.45, 7) is 0. The van der Waals surface area contributed by atoms with Crippen molar-refractivity contribution in [1.82, 2.24) is 10.1 Å². The van der Waals surface area contributed by atoms with Crippen molar-refractivity contribution in [3.63, 3.8) is 0 Å². The van der Waals surface area contributed by atoms with Gasteiger partial charge in [-0.2, -0.15) is 4.98 Å². The van der Waals surface area contributed by atoms with E-state index >= 15 is 0 Å². The van der Waals surface area contributed by atoms with Crippen LogP contribution in [0.3, 0.4) is 0 Å². The largest absolute Gasteiger partial charge is 0.496 e. The van der Waals surface area contributed by atoms with Crippen molar-refractivity contribution in [2.45, 2.75) is 0 Å². The van der Waals surface area contributed by atoms with Gasteiger partial charge in [-0.25, -0.2) is 0 Å². The first-order valence-electron chi connectivity index (χ1n) is 4.53. The lowest BCUT2D eigenvalue weighted by molar-refractivity contribution is 0.409. The number of ether oxygens (including phenoxy) is 1. The van der Waals surface area contributed by atoms with E-state index in [9.17, 15) is 0 Å². The van der Waals surface area contributed by atoms with Gasteiger partial charge in [0, 0.05) is 0 Å². The first-order valence-corrected chi connectivity index (χ1v) is 4.53. The Kier molecular flexibility index (Phi) is 2.89. The Morgan fingerprint density at radius 1 is 1.38 bits per heavy atom. The van der Waals surface area contributed by atoms with Crippen LogP contribution in [0.1, 0.15) is 0 Å². The minimum absolute atomic E-state index is 0.337. The normalized spacial score (nSPS) is 10.2. The second kappa shape index (κ2) is 4.34. The summed E-state index contributed by atoms with van der Waals surface area (Å²) in [6.07, 6.45) is 1.21. The van der Waals surface area contributed by atoms with E-state index in [1.165, 1.54) is 19.6 Å². The van der Waals surface area contributed by atoms with Crippen LogP contribution in [-0.4, -0.2) is 34.4 Å². The fourth-order valence-corrected chi connectivity index (χ4v) is 1.34. The van der Waals surface area contributed by atoms with E-state index in [-0.39, 0.29) is 0 Å². The SMILES string of the molecule is COc1cc(B(O)O)ccc1-c1ncon1. The van der Waals surface area contributed by atoms with Gasteiger partial charge in [0.25, 0.3) is 0 Å². The van der Waals surface area contributed by atoms with Crippen molar-refractivity contribution < 1.29 is 19.3 Å². The van der Waals surface area contributed by atoms with Gasteiger partial charge in [0.1, 0.15) is 5.75 Å². The van der Waals surface area contributed by atoms with Crippen molar-refractivity contribution in [3.8, 4) is 17.1 Å². The highest BCUT2D eigenvalue weighted by molar-refractivity contribution is 6.58. The summed E-state index contributed by atoms with van der Waals surface area (Å²) < 4.78 is 9.75. The molecular formula is C9H9BN2O4. The van der Waals surface area contributed by atoms with E-state index in [2.05, 4.69) is 14.7 Å². The third-order valence-electron chi connectivity index (χ3n) is 2.13. The maximum Gasteiger partial charge on any atom is 0.488 e. The summed E-state index contributed by atoms with van der Waals surface area (Å²) in [5, 5.41) is 21.7. The molecule has 0 aliphatic rings. The number of rotatable bonds is 3. The van der Waals surface area contributed by atoms with Crippen LogP contribution in [-0.2, 0) is 0 Å². The maximum absolute atomic E-state index is 9.02. The van der Waals surface area contributed by atoms with E-state index in [1.54, 1.807) is 12.1 Å². The summed E-state index contributed by atoms with van der Waals surface area (Å²) in [4.78, 5) is 3.89. The molecule has 6 nitrogen and oxygen atoms in total. The van der Waals surface area contributed by atoms with E-state index < -0.39 is 7.12 Å². The Hall–Kier alpha value is -1.86. The third kappa shape index (κ3) is 1.90. The third-order valence-corrected chi connectivity index (χ3v) is 2.13. The molecule has 0 unspecified atom stereocenters. The molecule has 0 radical (unpaired) electrons. The molecule has 0 fully saturated rings. The number of hydrogen-bond donors (Lipinski definition) is 2. The summed E-state index contributed by atoms with van der Waals surface area (Å²) in [5.74, 6) is 0.836. The molecule has 0 bridgehead atoms. The van der Waals surface area contributed by atoms with Gasteiger partial charge >= 0.3 is 7.12 Å². The average molecular weight is 220 g/mol. The zero-order valence-electron chi connectivity index (χ0n) is 8.49. The van der Waals surface area contributed by atoms with E-state index in [0.717, 1.165) is 0 Å². The molecule has 7 heteroatoms. The number of hydrogen-bond acceptors (Lipinski definition) is 6. The molecule has 2 aromatic rings. The molecule has 0 saturated carbocycles. The Bertz CT molecular complexity index is 472. The van der Waals surface area contributed by atoms with Gasteiger partial charge in [0.05, 0.1) is 12.7 Å². The molecule has 1 heterocycles. The number of aromatic nitrogens is 2. The standard InChI is InChI=1S/C9H9BN2O4/c1-15-8-4-6(10(13)14)2-3-7(8)9-11-5-16-12-9/h2-5,13-14H,1H3. The van der Waals surface area contributed by atoms with Crippen LogP contribution in [0.25, 0.3) is 11.4 Å². The molecule has 2 N–H and O–H groups in total. The molecule has 0 aliphatic carbocycles. The molecule has 0 spiro atoms. The predicted octanol–water partition coefficient (Wildman–Crippen LogP) is -0.575. The van der Waals surface area contributed by atoms with Gasteiger partial charge in [-0.05, 0) is 17.6 Å². The van der Waals surface area contributed by atoms with E-state index in [0.29, 0.717) is 22.6 Å². The Morgan fingerprint density at radius 2 is 2.19 bits per heavy atom. The number of benzene rings is 1. The minimum atomic E-state index is -1.53. The van der Waals surface area contributed by atoms with Crippen LogP contribution in [0, 0.1) is 0 Å². The summed E-state index contributed by atoms with van der Waals surface area (Å²) in [5.41, 5.74) is 0.963.